The zero-order valence-corrected chi connectivity index (χ0v) is 16.2. The van der Waals surface area contributed by atoms with Gasteiger partial charge in [0.25, 0.3) is 5.91 Å². The molecule has 0 spiro atoms. The molecule has 1 heterocycles. The third kappa shape index (κ3) is 4.50. The number of anilines is 1. The normalized spacial score (nSPS) is 14.6. The van der Waals surface area contributed by atoms with Crippen molar-refractivity contribution in [3.63, 3.8) is 0 Å². The maximum atomic E-state index is 12.8. The van der Waals surface area contributed by atoms with E-state index in [-0.39, 0.29) is 18.3 Å². The Balaban J connectivity index is 0.00000243. The van der Waals surface area contributed by atoms with Crippen molar-refractivity contribution in [3.05, 3.63) is 59.2 Å². The first-order chi connectivity index (χ1) is 12.1. The van der Waals surface area contributed by atoms with E-state index in [0.29, 0.717) is 11.6 Å². The average molecular weight is 375 g/mol. The van der Waals surface area contributed by atoms with Crippen molar-refractivity contribution in [1.29, 1.82) is 0 Å². The van der Waals surface area contributed by atoms with E-state index in [4.69, 9.17) is 10.5 Å². The number of likely N-dealkylation sites (tertiary alicyclic amines) is 1. The number of aryl methyl sites for hydroxylation is 1. The van der Waals surface area contributed by atoms with Crippen LogP contribution >= 0.6 is 12.4 Å². The first-order valence-electron chi connectivity index (χ1n) is 8.85. The van der Waals surface area contributed by atoms with Gasteiger partial charge >= 0.3 is 0 Å². The molecule has 1 aliphatic rings. The molecule has 0 radical (unpaired) electrons. The molecule has 26 heavy (non-hydrogen) atoms. The second-order valence-corrected chi connectivity index (χ2v) is 6.83. The number of nitrogens with two attached hydrogens (primary N) is 1. The number of rotatable bonds is 4. The number of benzene rings is 2. The lowest BCUT2D eigenvalue weighted by Crippen LogP contribution is -2.39. The fourth-order valence-corrected chi connectivity index (χ4v) is 3.56. The van der Waals surface area contributed by atoms with Gasteiger partial charge in [-0.25, -0.2) is 0 Å². The number of amides is 1. The second kappa shape index (κ2) is 8.95. The quantitative estimate of drug-likeness (QED) is 0.819. The highest BCUT2D eigenvalue weighted by Gasteiger charge is 2.25. The number of carbonyl (C=O) groups is 1. The maximum absolute atomic E-state index is 12.8. The topological polar surface area (TPSA) is 55.6 Å². The smallest absolute Gasteiger partial charge is 0.254 e. The molecule has 1 saturated heterocycles. The molecule has 2 aromatic rings. The van der Waals surface area contributed by atoms with Gasteiger partial charge in [0, 0.05) is 24.3 Å². The van der Waals surface area contributed by atoms with E-state index in [1.54, 1.807) is 13.2 Å². The van der Waals surface area contributed by atoms with Crippen molar-refractivity contribution >= 4 is 24.0 Å². The van der Waals surface area contributed by atoms with E-state index in [9.17, 15) is 4.79 Å². The Hall–Kier alpha value is -2.20. The monoisotopic (exact) mass is 374 g/mol. The minimum absolute atomic E-state index is 0. The molecule has 0 saturated carbocycles. The highest BCUT2D eigenvalue weighted by Crippen LogP contribution is 2.27. The summed E-state index contributed by atoms with van der Waals surface area (Å²) in [7, 11) is 1.72. The van der Waals surface area contributed by atoms with Crippen LogP contribution in [-0.2, 0) is 6.42 Å². The van der Waals surface area contributed by atoms with Crippen LogP contribution in [0, 0.1) is 12.8 Å². The van der Waals surface area contributed by atoms with E-state index in [1.165, 1.54) is 5.56 Å². The van der Waals surface area contributed by atoms with Crippen molar-refractivity contribution in [3.8, 4) is 5.75 Å². The van der Waals surface area contributed by atoms with E-state index in [0.717, 1.165) is 49.2 Å². The Morgan fingerprint density at radius 2 is 1.88 bits per heavy atom. The molecule has 2 N–H and O–H groups in total. The summed E-state index contributed by atoms with van der Waals surface area (Å²) < 4.78 is 5.45. The van der Waals surface area contributed by atoms with Gasteiger partial charge in [-0.15, -0.1) is 12.4 Å². The number of halogens is 1. The van der Waals surface area contributed by atoms with Crippen LogP contribution in [0.25, 0.3) is 0 Å². The van der Waals surface area contributed by atoms with Crippen molar-refractivity contribution in [2.45, 2.75) is 26.2 Å². The minimum atomic E-state index is 0. The van der Waals surface area contributed by atoms with Crippen LogP contribution in [0.1, 0.15) is 34.3 Å². The van der Waals surface area contributed by atoms with Gasteiger partial charge in [-0.1, -0.05) is 24.3 Å². The molecule has 0 aliphatic carbocycles. The summed E-state index contributed by atoms with van der Waals surface area (Å²) in [6, 6.07) is 13.7. The lowest BCUT2D eigenvalue weighted by atomic mass is 9.89. The highest BCUT2D eigenvalue weighted by atomic mass is 35.5. The molecule has 2 aromatic carbocycles. The summed E-state index contributed by atoms with van der Waals surface area (Å²) in [6.45, 7) is 3.56. The van der Waals surface area contributed by atoms with Crippen molar-refractivity contribution < 1.29 is 9.53 Å². The number of hydrogen-bond donors (Lipinski definition) is 1. The van der Waals surface area contributed by atoms with Gasteiger partial charge in [-0.3, -0.25) is 4.79 Å². The summed E-state index contributed by atoms with van der Waals surface area (Å²) in [6.07, 6.45) is 3.04. The van der Waals surface area contributed by atoms with Gasteiger partial charge in [-0.05, 0) is 61.4 Å². The van der Waals surface area contributed by atoms with Gasteiger partial charge in [0.05, 0.1) is 7.11 Å². The molecule has 0 bridgehead atoms. The van der Waals surface area contributed by atoms with E-state index in [2.05, 4.69) is 12.1 Å². The Kier molecular flexibility index (Phi) is 6.92. The zero-order valence-electron chi connectivity index (χ0n) is 15.4. The molecule has 1 amide bonds. The number of methoxy groups -OCH3 is 1. The summed E-state index contributed by atoms with van der Waals surface area (Å²) in [5, 5.41) is 0. The predicted molar refractivity (Wildman–Crippen MR) is 108 cm³/mol. The average Bonchev–Trinajstić information content (AvgIpc) is 2.64. The standard InChI is InChI=1S/C21H26N2O2.ClH/c1-15-7-8-18(22)14-19(15)21(24)23-11-9-16(10-12-23)13-17-5-3-4-6-20(17)25-2;/h3-8,14,16H,9-13,22H2,1-2H3;1H. The summed E-state index contributed by atoms with van der Waals surface area (Å²) in [5.41, 5.74) is 9.44. The Labute approximate surface area is 161 Å². The summed E-state index contributed by atoms with van der Waals surface area (Å²) in [5.74, 6) is 1.64. The van der Waals surface area contributed by atoms with Crippen LogP contribution in [0.15, 0.2) is 42.5 Å². The lowest BCUT2D eigenvalue weighted by Gasteiger charge is -2.32. The van der Waals surface area contributed by atoms with E-state index < -0.39 is 0 Å². The predicted octanol–water partition coefficient (Wildman–Crippen LogP) is 4.10. The first kappa shape index (κ1) is 20.1. The van der Waals surface area contributed by atoms with E-state index in [1.807, 2.05) is 36.1 Å². The molecule has 140 valence electrons. The van der Waals surface area contributed by atoms with Crippen LogP contribution in [0.4, 0.5) is 5.69 Å². The minimum Gasteiger partial charge on any atom is -0.496 e. The Bertz CT molecular complexity index is 755. The summed E-state index contributed by atoms with van der Waals surface area (Å²) >= 11 is 0. The number of carbonyl (C=O) groups excluding carboxylic acids is 1. The largest absolute Gasteiger partial charge is 0.496 e. The fourth-order valence-electron chi connectivity index (χ4n) is 3.56. The number of ether oxygens (including phenoxy) is 1. The molecule has 5 heteroatoms. The van der Waals surface area contributed by atoms with Gasteiger partial charge in [0.2, 0.25) is 0 Å². The van der Waals surface area contributed by atoms with Crippen LogP contribution in [0.2, 0.25) is 0 Å². The molecular weight excluding hydrogens is 348 g/mol. The number of piperidine rings is 1. The van der Waals surface area contributed by atoms with Gasteiger partial charge in [0.1, 0.15) is 5.75 Å². The van der Waals surface area contributed by atoms with Gasteiger partial charge in [-0.2, -0.15) is 0 Å². The van der Waals surface area contributed by atoms with Crippen LogP contribution in [0.3, 0.4) is 0 Å². The summed E-state index contributed by atoms with van der Waals surface area (Å²) in [4.78, 5) is 14.7. The molecule has 0 unspecified atom stereocenters. The molecule has 3 rings (SSSR count). The molecule has 1 fully saturated rings. The highest BCUT2D eigenvalue weighted by molar-refractivity contribution is 5.96. The van der Waals surface area contributed by atoms with E-state index >= 15 is 0 Å². The molecule has 1 aliphatic heterocycles. The zero-order chi connectivity index (χ0) is 17.8. The van der Waals surface area contributed by atoms with Crippen LogP contribution in [0.5, 0.6) is 5.75 Å². The van der Waals surface area contributed by atoms with Crippen molar-refractivity contribution in [2.75, 3.05) is 25.9 Å². The first-order valence-corrected chi connectivity index (χ1v) is 8.85. The lowest BCUT2D eigenvalue weighted by molar-refractivity contribution is 0.0689. The number of hydrogen-bond acceptors (Lipinski definition) is 3. The third-order valence-electron chi connectivity index (χ3n) is 5.09. The number of para-hydroxylation sites is 1. The fraction of sp³-hybridized carbons (Fsp3) is 0.381. The van der Waals surface area contributed by atoms with Crippen molar-refractivity contribution in [2.24, 2.45) is 5.92 Å². The molecule has 0 aromatic heterocycles. The van der Waals surface area contributed by atoms with Gasteiger partial charge in [0.15, 0.2) is 0 Å². The number of nitrogens with zero attached hydrogens (tertiary/aromatic N) is 1. The molecule has 4 nitrogen and oxygen atoms in total. The number of nitrogen functional groups attached to an aromatic ring is 1. The Morgan fingerprint density at radius 3 is 2.58 bits per heavy atom. The van der Waals surface area contributed by atoms with Crippen molar-refractivity contribution in [1.82, 2.24) is 4.90 Å². The SMILES string of the molecule is COc1ccccc1CC1CCN(C(=O)c2cc(N)ccc2C)CC1.Cl. The Morgan fingerprint density at radius 1 is 1.19 bits per heavy atom. The maximum Gasteiger partial charge on any atom is 0.254 e. The second-order valence-electron chi connectivity index (χ2n) is 6.83. The van der Waals surface area contributed by atoms with Crippen LogP contribution < -0.4 is 10.5 Å². The van der Waals surface area contributed by atoms with Gasteiger partial charge < -0.3 is 15.4 Å². The molecule has 0 atom stereocenters. The third-order valence-corrected chi connectivity index (χ3v) is 5.09. The van der Waals surface area contributed by atoms with Crippen LogP contribution in [-0.4, -0.2) is 31.0 Å². The molecular formula is C21H27ClN2O2.